The van der Waals surface area contributed by atoms with Gasteiger partial charge in [-0.15, -0.1) is 0 Å². The van der Waals surface area contributed by atoms with Crippen LogP contribution < -0.4 is 15.5 Å². The second-order valence-corrected chi connectivity index (χ2v) is 6.01. The van der Waals surface area contributed by atoms with Gasteiger partial charge >= 0.3 is 6.03 Å². The van der Waals surface area contributed by atoms with Gasteiger partial charge in [-0.3, -0.25) is 0 Å². The largest absolute Gasteiger partial charge is 0.378 e. The third-order valence-electron chi connectivity index (χ3n) is 4.44. The van der Waals surface area contributed by atoms with E-state index in [-0.39, 0.29) is 6.03 Å². The van der Waals surface area contributed by atoms with Crippen LogP contribution in [0.25, 0.3) is 0 Å². The topological polar surface area (TPSA) is 56.8 Å². The Morgan fingerprint density at radius 3 is 2.58 bits per heavy atom. The van der Waals surface area contributed by atoms with Gasteiger partial charge in [-0.25, -0.2) is 4.79 Å². The first-order chi connectivity index (χ1) is 11.6. The molecule has 2 rings (SSSR count). The number of nitrogens with zero attached hydrogens (tertiary/aromatic N) is 2. The number of carbonyl (C=O) groups excluding carboxylic acids is 1. The third kappa shape index (κ3) is 5.39. The van der Waals surface area contributed by atoms with Crippen molar-refractivity contribution in [2.75, 3.05) is 62.7 Å². The van der Waals surface area contributed by atoms with Crippen LogP contribution in [0.2, 0.25) is 0 Å². The highest BCUT2D eigenvalue weighted by Gasteiger charge is 2.12. The molecule has 1 aromatic rings. The van der Waals surface area contributed by atoms with Gasteiger partial charge in [-0.2, -0.15) is 0 Å². The summed E-state index contributed by atoms with van der Waals surface area (Å²) in [6, 6.07) is 6.01. The molecule has 1 heterocycles. The third-order valence-corrected chi connectivity index (χ3v) is 4.44. The minimum Gasteiger partial charge on any atom is -0.378 e. The normalized spacial score (nSPS) is 14.8. The minimum atomic E-state index is -0.149. The number of hydrogen-bond acceptors (Lipinski definition) is 4. The summed E-state index contributed by atoms with van der Waals surface area (Å²) in [5.41, 5.74) is 3.11. The van der Waals surface area contributed by atoms with Crippen LogP contribution in [0.4, 0.5) is 16.2 Å². The van der Waals surface area contributed by atoms with E-state index >= 15 is 0 Å². The van der Waals surface area contributed by atoms with E-state index in [0.29, 0.717) is 6.54 Å². The Bertz CT molecular complexity index is 526. The molecular weight excluding hydrogens is 304 g/mol. The Kier molecular flexibility index (Phi) is 7.34. The van der Waals surface area contributed by atoms with Gasteiger partial charge in [-0.05, 0) is 43.8 Å². The molecule has 0 spiro atoms. The van der Waals surface area contributed by atoms with Gasteiger partial charge in [0.15, 0.2) is 0 Å². The molecular formula is C18H30N4O2. The van der Waals surface area contributed by atoms with Gasteiger partial charge in [0, 0.05) is 37.6 Å². The number of benzene rings is 1. The standard InChI is InChI=1S/C18H30N4O2/c1-4-21(5-2)9-8-19-18(23)20-17-7-6-16(14-15(17)3)22-10-12-24-13-11-22/h6-7,14H,4-5,8-13H2,1-3H3,(H2,19,20,23). The van der Waals surface area contributed by atoms with Crippen molar-refractivity contribution in [1.29, 1.82) is 0 Å². The Hall–Kier alpha value is -1.79. The van der Waals surface area contributed by atoms with E-state index in [1.54, 1.807) is 0 Å². The van der Waals surface area contributed by atoms with Gasteiger partial charge < -0.3 is 25.2 Å². The van der Waals surface area contributed by atoms with Gasteiger partial charge in [-0.1, -0.05) is 13.8 Å². The van der Waals surface area contributed by atoms with E-state index in [0.717, 1.165) is 57.2 Å². The predicted molar refractivity (Wildman–Crippen MR) is 99.0 cm³/mol. The van der Waals surface area contributed by atoms with E-state index in [1.807, 2.05) is 13.0 Å². The Morgan fingerprint density at radius 1 is 1.25 bits per heavy atom. The number of aryl methyl sites for hydroxylation is 1. The van der Waals surface area contributed by atoms with Crippen LogP contribution in [0.15, 0.2) is 18.2 Å². The molecule has 0 unspecified atom stereocenters. The molecule has 134 valence electrons. The SMILES string of the molecule is CCN(CC)CCNC(=O)Nc1ccc(N2CCOCC2)cc1C. The molecule has 24 heavy (non-hydrogen) atoms. The zero-order valence-corrected chi connectivity index (χ0v) is 15.1. The van der Waals surface area contributed by atoms with Crippen molar-refractivity contribution in [3.63, 3.8) is 0 Å². The number of hydrogen-bond donors (Lipinski definition) is 2. The fraction of sp³-hybridized carbons (Fsp3) is 0.611. The number of anilines is 2. The second-order valence-electron chi connectivity index (χ2n) is 6.01. The van der Waals surface area contributed by atoms with Crippen LogP contribution in [0.5, 0.6) is 0 Å². The summed E-state index contributed by atoms with van der Waals surface area (Å²) in [7, 11) is 0. The number of carbonyl (C=O) groups is 1. The summed E-state index contributed by atoms with van der Waals surface area (Å²) in [5.74, 6) is 0. The Balaban J connectivity index is 1.84. The predicted octanol–water partition coefficient (Wildman–Crippen LogP) is 2.29. The van der Waals surface area contributed by atoms with Crippen LogP contribution >= 0.6 is 0 Å². The van der Waals surface area contributed by atoms with Crippen molar-refractivity contribution in [2.45, 2.75) is 20.8 Å². The van der Waals surface area contributed by atoms with Gasteiger partial charge in [0.1, 0.15) is 0 Å². The highest BCUT2D eigenvalue weighted by atomic mass is 16.5. The maximum Gasteiger partial charge on any atom is 0.319 e. The fourth-order valence-electron chi connectivity index (χ4n) is 2.84. The van der Waals surface area contributed by atoms with Gasteiger partial charge in [0.25, 0.3) is 0 Å². The number of morpholine rings is 1. The number of amides is 2. The van der Waals surface area contributed by atoms with E-state index in [2.05, 4.69) is 46.4 Å². The first kappa shape index (κ1) is 18.5. The Labute approximate surface area is 145 Å². The van der Waals surface area contributed by atoms with Crippen molar-refractivity contribution < 1.29 is 9.53 Å². The number of urea groups is 1. The number of nitrogens with one attached hydrogen (secondary N) is 2. The van der Waals surface area contributed by atoms with Crippen molar-refractivity contribution >= 4 is 17.4 Å². The zero-order valence-electron chi connectivity index (χ0n) is 15.1. The maximum atomic E-state index is 12.0. The average molecular weight is 334 g/mol. The maximum absolute atomic E-state index is 12.0. The quantitative estimate of drug-likeness (QED) is 0.803. The summed E-state index contributed by atoms with van der Waals surface area (Å²) in [6.07, 6.45) is 0. The lowest BCUT2D eigenvalue weighted by atomic mass is 10.1. The molecule has 0 radical (unpaired) electrons. The smallest absolute Gasteiger partial charge is 0.319 e. The molecule has 1 aliphatic rings. The zero-order chi connectivity index (χ0) is 17.4. The molecule has 6 nitrogen and oxygen atoms in total. The second kappa shape index (κ2) is 9.49. The van der Waals surface area contributed by atoms with Gasteiger partial charge in [0.2, 0.25) is 0 Å². The molecule has 2 N–H and O–H groups in total. The molecule has 0 bridgehead atoms. The van der Waals surface area contributed by atoms with Crippen LogP contribution in [-0.2, 0) is 4.74 Å². The first-order valence-electron chi connectivity index (χ1n) is 8.84. The number of likely N-dealkylation sites (N-methyl/N-ethyl adjacent to an activating group) is 1. The summed E-state index contributed by atoms with van der Waals surface area (Å²) in [4.78, 5) is 16.6. The average Bonchev–Trinajstić information content (AvgIpc) is 2.61. The molecule has 1 saturated heterocycles. The van der Waals surface area contributed by atoms with Crippen LogP contribution in [0.3, 0.4) is 0 Å². The molecule has 1 aromatic carbocycles. The van der Waals surface area contributed by atoms with Crippen LogP contribution in [-0.4, -0.2) is 63.4 Å². The molecule has 0 atom stereocenters. The number of rotatable bonds is 7. The van der Waals surface area contributed by atoms with Crippen molar-refractivity contribution in [2.24, 2.45) is 0 Å². The highest BCUT2D eigenvalue weighted by Crippen LogP contribution is 2.23. The lowest BCUT2D eigenvalue weighted by molar-refractivity contribution is 0.122. The summed E-state index contributed by atoms with van der Waals surface area (Å²) >= 11 is 0. The van der Waals surface area contributed by atoms with E-state index < -0.39 is 0 Å². The summed E-state index contributed by atoms with van der Waals surface area (Å²) in [6.45, 7) is 13.2. The molecule has 2 amide bonds. The van der Waals surface area contributed by atoms with Crippen molar-refractivity contribution in [3.8, 4) is 0 Å². The molecule has 1 fully saturated rings. The molecule has 0 aliphatic carbocycles. The lowest BCUT2D eigenvalue weighted by Crippen LogP contribution is -2.37. The molecule has 0 aromatic heterocycles. The first-order valence-corrected chi connectivity index (χ1v) is 8.84. The molecule has 0 saturated carbocycles. The van der Waals surface area contributed by atoms with E-state index in [4.69, 9.17) is 4.74 Å². The van der Waals surface area contributed by atoms with Gasteiger partial charge in [0.05, 0.1) is 13.2 Å². The molecule has 1 aliphatic heterocycles. The highest BCUT2D eigenvalue weighted by molar-refractivity contribution is 5.90. The van der Waals surface area contributed by atoms with E-state index in [1.165, 1.54) is 5.69 Å². The molecule has 6 heteroatoms. The van der Waals surface area contributed by atoms with Crippen molar-refractivity contribution in [1.82, 2.24) is 10.2 Å². The minimum absolute atomic E-state index is 0.149. The van der Waals surface area contributed by atoms with Crippen LogP contribution in [0.1, 0.15) is 19.4 Å². The summed E-state index contributed by atoms with van der Waals surface area (Å²) < 4.78 is 5.39. The Morgan fingerprint density at radius 2 is 1.96 bits per heavy atom. The van der Waals surface area contributed by atoms with Crippen molar-refractivity contribution in [3.05, 3.63) is 23.8 Å². The van der Waals surface area contributed by atoms with E-state index in [9.17, 15) is 4.79 Å². The monoisotopic (exact) mass is 334 g/mol. The fourth-order valence-corrected chi connectivity index (χ4v) is 2.84. The lowest BCUT2D eigenvalue weighted by Gasteiger charge is -2.29. The number of ether oxygens (including phenoxy) is 1. The van der Waals surface area contributed by atoms with Crippen LogP contribution in [0, 0.1) is 6.92 Å². The summed E-state index contributed by atoms with van der Waals surface area (Å²) in [5, 5.41) is 5.86.